The van der Waals surface area contributed by atoms with Crippen LogP contribution in [-0.4, -0.2) is 35.3 Å². The van der Waals surface area contributed by atoms with E-state index in [-0.39, 0.29) is 24.9 Å². The number of carbonyl (C=O) groups excluding carboxylic acids is 2. The normalized spacial score (nSPS) is 16.2. The van der Waals surface area contributed by atoms with Crippen molar-refractivity contribution in [2.75, 3.05) is 18.1 Å². The maximum Gasteiger partial charge on any atom is 0.306 e. The predicted octanol–water partition coefficient (Wildman–Crippen LogP) is 5.08. The highest BCUT2D eigenvalue weighted by Crippen LogP contribution is 2.37. The van der Waals surface area contributed by atoms with Gasteiger partial charge in [0.1, 0.15) is 0 Å². The minimum atomic E-state index is -0.338. The number of anilines is 1. The molecule has 30 heavy (non-hydrogen) atoms. The average molecular weight is 441 g/mol. The number of thioether (sulfide) groups is 1. The van der Waals surface area contributed by atoms with Gasteiger partial charge >= 0.3 is 5.97 Å². The number of carbonyl (C=O) groups is 2. The molecule has 1 aliphatic rings. The second-order valence-corrected chi connectivity index (χ2v) is 9.92. The molecule has 2 aromatic carbocycles. The third-order valence-electron chi connectivity index (χ3n) is 5.01. The van der Waals surface area contributed by atoms with E-state index in [0.717, 1.165) is 38.6 Å². The summed E-state index contributed by atoms with van der Waals surface area (Å²) >= 11 is 3.44. The number of aromatic nitrogens is 1. The molecule has 2 heterocycles. The summed E-state index contributed by atoms with van der Waals surface area (Å²) in [5, 5.41) is 1.46. The molecule has 1 aliphatic heterocycles. The molecular weight excluding hydrogens is 416 g/mol. The van der Waals surface area contributed by atoms with E-state index in [9.17, 15) is 9.59 Å². The second kappa shape index (κ2) is 9.62. The topological polar surface area (TPSA) is 59.5 Å². The van der Waals surface area contributed by atoms with Crippen molar-refractivity contribution in [3.8, 4) is 0 Å². The first kappa shape index (κ1) is 20.9. The minimum Gasteiger partial charge on any atom is -0.456 e. The van der Waals surface area contributed by atoms with Crippen molar-refractivity contribution < 1.29 is 14.3 Å². The Labute approximate surface area is 184 Å². The number of ether oxygens (including phenoxy) is 1. The summed E-state index contributed by atoms with van der Waals surface area (Å²) in [5.74, 6) is -0.507. The first-order valence-corrected chi connectivity index (χ1v) is 11.9. The molecule has 1 amide bonds. The van der Waals surface area contributed by atoms with Gasteiger partial charge in [0.2, 0.25) is 0 Å². The van der Waals surface area contributed by atoms with Crippen LogP contribution in [0.2, 0.25) is 0 Å². The molecule has 1 atom stereocenters. The van der Waals surface area contributed by atoms with Crippen molar-refractivity contribution in [3.63, 3.8) is 0 Å². The number of fused-ring (bicyclic) bond motifs is 2. The van der Waals surface area contributed by atoms with Gasteiger partial charge in [-0.2, -0.15) is 0 Å². The van der Waals surface area contributed by atoms with Crippen LogP contribution in [0.3, 0.4) is 0 Å². The highest BCUT2D eigenvalue weighted by Gasteiger charge is 2.24. The average Bonchev–Trinajstić information content (AvgIpc) is 3.08. The minimum absolute atomic E-state index is 0.170. The van der Waals surface area contributed by atoms with Crippen molar-refractivity contribution in [1.82, 2.24) is 4.98 Å². The van der Waals surface area contributed by atoms with Gasteiger partial charge < -0.3 is 9.64 Å². The molecule has 0 spiro atoms. The Kier molecular flexibility index (Phi) is 6.69. The third kappa shape index (κ3) is 5.02. The summed E-state index contributed by atoms with van der Waals surface area (Å²) in [6, 6.07) is 15.9. The molecule has 1 aromatic heterocycles. The number of hydrogen-bond acceptors (Lipinski definition) is 6. The van der Waals surface area contributed by atoms with Crippen LogP contribution in [0, 0.1) is 0 Å². The Bertz CT molecular complexity index is 1020. The molecule has 0 N–H and O–H groups in total. The van der Waals surface area contributed by atoms with Crippen molar-refractivity contribution in [1.29, 1.82) is 0 Å². The number of para-hydroxylation sites is 2. The fourth-order valence-electron chi connectivity index (χ4n) is 3.45. The SMILES string of the molecule is CC1CCN(C(=O)COC(=O)CCCc2nc3ccccc3s2)c2ccccc2S1. The molecule has 0 radical (unpaired) electrons. The van der Waals surface area contributed by atoms with Gasteiger partial charge in [-0.05, 0) is 43.5 Å². The third-order valence-corrected chi connectivity index (χ3v) is 7.34. The van der Waals surface area contributed by atoms with Crippen molar-refractivity contribution in [3.05, 3.63) is 53.5 Å². The van der Waals surface area contributed by atoms with E-state index in [4.69, 9.17) is 4.74 Å². The summed E-state index contributed by atoms with van der Waals surface area (Å²) in [4.78, 5) is 32.3. The highest BCUT2D eigenvalue weighted by atomic mass is 32.2. The molecule has 156 valence electrons. The first-order chi connectivity index (χ1) is 14.6. The largest absolute Gasteiger partial charge is 0.456 e. The van der Waals surface area contributed by atoms with E-state index < -0.39 is 0 Å². The summed E-state index contributed by atoms with van der Waals surface area (Å²) in [6.07, 6.45) is 2.58. The van der Waals surface area contributed by atoms with Crippen molar-refractivity contribution in [2.24, 2.45) is 0 Å². The quantitative estimate of drug-likeness (QED) is 0.500. The molecule has 0 bridgehead atoms. The number of hydrogen-bond donors (Lipinski definition) is 0. The lowest BCUT2D eigenvalue weighted by atomic mass is 10.2. The second-order valence-electron chi connectivity index (χ2n) is 7.32. The van der Waals surface area contributed by atoms with Gasteiger partial charge in [0.25, 0.3) is 5.91 Å². The van der Waals surface area contributed by atoms with Crippen LogP contribution in [0.15, 0.2) is 53.4 Å². The van der Waals surface area contributed by atoms with E-state index in [1.165, 1.54) is 0 Å². The molecule has 7 heteroatoms. The summed E-state index contributed by atoms with van der Waals surface area (Å²) in [7, 11) is 0. The van der Waals surface area contributed by atoms with Gasteiger partial charge in [0.05, 0.1) is 20.9 Å². The van der Waals surface area contributed by atoms with Crippen LogP contribution in [0.4, 0.5) is 5.69 Å². The standard InChI is InChI=1S/C23H24N2O3S2/c1-16-13-14-25(18-8-3-5-10-20(18)29-16)22(26)15-28-23(27)12-6-11-21-24-17-7-2-4-9-19(17)30-21/h2-5,7-10,16H,6,11-15H2,1H3. The van der Waals surface area contributed by atoms with Gasteiger partial charge in [-0.15, -0.1) is 23.1 Å². The maximum atomic E-state index is 12.8. The smallest absolute Gasteiger partial charge is 0.306 e. The Balaban J connectivity index is 1.27. The molecule has 5 nitrogen and oxygen atoms in total. The lowest BCUT2D eigenvalue weighted by Gasteiger charge is -2.22. The highest BCUT2D eigenvalue weighted by molar-refractivity contribution is 8.00. The van der Waals surface area contributed by atoms with Gasteiger partial charge in [-0.1, -0.05) is 31.2 Å². The zero-order valence-corrected chi connectivity index (χ0v) is 18.5. The Hall–Kier alpha value is -2.38. The Morgan fingerprint density at radius 2 is 1.97 bits per heavy atom. The molecule has 1 unspecified atom stereocenters. The van der Waals surface area contributed by atoms with Crippen molar-refractivity contribution >= 4 is 50.9 Å². The lowest BCUT2D eigenvalue weighted by Crippen LogP contribution is -2.35. The van der Waals surface area contributed by atoms with Gasteiger partial charge in [0, 0.05) is 23.1 Å². The molecular formula is C23H24N2O3S2. The van der Waals surface area contributed by atoms with Crippen molar-refractivity contribution in [2.45, 2.75) is 42.8 Å². The molecule has 0 fully saturated rings. The zero-order valence-electron chi connectivity index (χ0n) is 16.9. The first-order valence-electron chi connectivity index (χ1n) is 10.2. The van der Waals surface area contributed by atoms with Crippen LogP contribution < -0.4 is 4.90 Å². The fourth-order valence-corrected chi connectivity index (χ4v) is 5.57. The van der Waals surface area contributed by atoms with Crippen LogP contribution in [0.25, 0.3) is 10.2 Å². The number of rotatable bonds is 6. The van der Waals surface area contributed by atoms with Crippen LogP contribution in [-0.2, 0) is 20.7 Å². The van der Waals surface area contributed by atoms with Gasteiger partial charge in [-0.25, -0.2) is 4.98 Å². The maximum absolute atomic E-state index is 12.8. The van der Waals surface area contributed by atoms with E-state index in [0.29, 0.717) is 18.2 Å². The molecule has 3 aromatic rings. The number of benzene rings is 2. The molecule has 4 rings (SSSR count). The monoisotopic (exact) mass is 440 g/mol. The van der Waals surface area contributed by atoms with Gasteiger partial charge in [-0.3, -0.25) is 9.59 Å². The van der Waals surface area contributed by atoms with Gasteiger partial charge in [0.15, 0.2) is 6.61 Å². The number of aryl methyl sites for hydroxylation is 1. The molecule has 0 aliphatic carbocycles. The van der Waals surface area contributed by atoms with E-state index in [1.807, 2.05) is 42.5 Å². The predicted molar refractivity (Wildman–Crippen MR) is 122 cm³/mol. The summed E-state index contributed by atoms with van der Waals surface area (Å²) in [5.41, 5.74) is 1.90. The number of amides is 1. The molecule has 0 saturated heterocycles. The van der Waals surface area contributed by atoms with E-state index >= 15 is 0 Å². The lowest BCUT2D eigenvalue weighted by molar-refractivity contribution is -0.147. The van der Waals surface area contributed by atoms with Crippen LogP contribution >= 0.6 is 23.1 Å². The van der Waals surface area contributed by atoms with E-state index in [2.05, 4.69) is 18.0 Å². The fraction of sp³-hybridized carbons (Fsp3) is 0.348. The molecule has 0 saturated carbocycles. The van der Waals surface area contributed by atoms with E-state index in [1.54, 1.807) is 28.0 Å². The number of esters is 1. The Morgan fingerprint density at radius 1 is 1.17 bits per heavy atom. The van der Waals surface area contributed by atoms with Crippen LogP contribution in [0.1, 0.15) is 31.2 Å². The van der Waals surface area contributed by atoms with Crippen LogP contribution in [0.5, 0.6) is 0 Å². The number of thiazole rings is 1. The Morgan fingerprint density at radius 3 is 2.83 bits per heavy atom. The summed E-state index contributed by atoms with van der Waals surface area (Å²) in [6.45, 7) is 2.59. The zero-order chi connectivity index (χ0) is 20.9. The number of nitrogens with zero attached hydrogens (tertiary/aromatic N) is 2. The summed E-state index contributed by atoms with van der Waals surface area (Å²) < 4.78 is 6.44.